The van der Waals surface area contributed by atoms with Crippen LogP contribution in [0.15, 0.2) is 36.8 Å². The van der Waals surface area contributed by atoms with Crippen LogP contribution in [0.4, 0.5) is 11.5 Å². The minimum atomic E-state index is 0.647. The summed E-state index contributed by atoms with van der Waals surface area (Å²) in [5, 5.41) is 14.4. The monoisotopic (exact) mass is 319 g/mol. The maximum Gasteiger partial charge on any atom is 0.159 e. The molecule has 1 aliphatic heterocycles. The van der Waals surface area contributed by atoms with Crippen LogP contribution in [-0.2, 0) is 7.05 Å². The van der Waals surface area contributed by atoms with Gasteiger partial charge >= 0.3 is 0 Å². The first kappa shape index (κ1) is 14.5. The molecule has 3 aromatic rings. The molecule has 120 valence electrons. The number of anilines is 2. The molecule has 0 unspecified atom stereocenters. The Morgan fingerprint density at radius 2 is 1.79 bits per heavy atom. The Kier molecular flexibility index (Phi) is 3.50. The van der Waals surface area contributed by atoms with E-state index in [0.717, 1.165) is 43.0 Å². The smallest absolute Gasteiger partial charge is 0.159 e. The zero-order valence-corrected chi connectivity index (χ0v) is 13.4. The van der Waals surface area contributed by atoms with Crippen LogP contribution in [0.5, 0.6) is 0 Å². The largest absolute Gasteiger partial charge is 0.367 e. The van der Waals surface area contributed by atoms with Crippen LogP contribution in [0.25, 0.3) is 11.0 Å². The Morgan fingerprint density at radius 3 is 2.58 bits per heavy atom. The molecule has 0 N–H and O–H groups in total. The second-order valence-electron chi connectivity index (χ2n) is 5.82. The molecule has 1 fully saturated rings. The van der Waals surface area contributed by atoms with Gasteiger partial charge in [0.1, 0.15) is 5.82 Å². The molecule has 0 bridgehead atoms. The van der Waals surface area contributed by atoms with Gasteiger partial charge < -0.3 is 9.80 Å². The van der Waals surface area contributed by atoms with Gasteiger partial charge in [-0.05, 0) is 18.2 Å². The standard InChI is InChI=1S/C17H17N7/c1-22-17-14(12-21-22)15(3-5-20-17)23-6-8-24(9-7-23)16-10-13(11-18)2-4-19-16/h2-5,10,12H,6-9H2,1H3. The van der Waals surface area contributed by atoms with Crippen molar-refractivity contribution >= 4 is 22.5 Å². The van der Waals surface area contributed by atoms with E-state index in [1.165, 1.54) is 5.69 Å². The summed E-state index contributed by atoms with van der Waals surface area (Å²) in [6.07, 6.45) is 5.41. The lowest BCUT2D eigenvalue weighted by Crippen LogP contribution is -2.46. The number of nitrogens with zero attached hydrogens (tertiary/aromatic N) is 7. The molecule has 24 heavy (non-hydrogen) atoms. The second kappa shape index (κ2) is 5.81. The molecule has 0 spiro atoms. The Hall–Kier alpha value is -3.14. The van der Waals surface area contributed by atoms with Crippen molar-refractivity contribution in [1.29, 1.82) is 5.26 Å². The first-order chi connectivity index (χ1) is 11.8. The van der Waals surface area contributed by atoms with Crippen LogP contribution in [0, 0.1) is 11.3 Å². The number of piperazine rings is 1. The number of hydrogen-bond donors (Lipinski definition) is 0. The number of aromatic nitrogens is 4. The minimum Gasteiger partial charge on any atom is -0.367 e. The van der Waals surface area contributed by atoms with Crippen LogP contribution in [0.2, 0.25) is 0 Å². The fraction of sp³-hybridized carbons (Fsp3) is 0.294. The highest BCUT2D eigenvalue weighted by molar-refractivity contribution is 5.89. The van der Waals surface area contributed by atoms with Crippen molar-refractivity contribution in [2.45, 2.75) is 0 Å². The first-order valence-corrected chi connectivity index (χ1v) is 7.89. The molecule has 4 rings (SSSR count). The van der Waals surface area contributed by atoms with E-state index in [1.807, 2.05) is 31.6 Å². The first-order valence-electron chi connectivity index (χ1n) is 7.89. The second-order valence-corrected chi connectivity index (χ2v) is 5.82. The van der Waals surface area contributed by atoms with Crippen LogP contribution in [0.1, 0.15) is 5.56 Å². The molecule has 0 saturated carbocycles. The van der Waals surface area contributed by atoms with Crippen molar-refractivity contribution in [3.05, 3.63) is 42.4 Å². The quantitative estimate of drug-likeness (QED) is 0.714. The lowest BCUT2D eigenvalue weighted by molar-refractivity contribution is 0.648. The van der Waals surface area contributed by atoms with Crippen molar-refractivity contribution < 1.29 is 0 Å². The van der Waals surface area contributed by atoms with Gasteiger partial charge in [0.15, 0.2) is 5.65 Å². The minimum absolute atomic E-state index is 0.647. The highest BCUT2D eigenvalue weighted by Crippen LogP contribution is 2.26. The normalized spacial score (nSPS) is 14.8. The molecule has 7 nitrogen and oxygen atoms in total. The van der Waals surface area contributed by atoms with Gasteiger partial charge in [0.25, 0.3) is 0 Å². The van der Waals surface area contributed by atoms with Crippen LogP contribution in [0.3, 0.4) is 0 Å². The van der Waals surface area contributed by atoms with Gasteiger partial charge in [0.05, 0.1) is 28.9 Å². The molecule has 0 aromatic carbocycles. The lowest BCUT2D eigenvalue weighted by Gasteiger charge is -2.36. The zero-order chi connectivity index (χ0) is 16.5. The summed E-state index contributed by atoms with van der Waals surface area (Å²) in [5.41, 5.74) is 2.72. The van der Waals surface area contributed by atoms with E-state index in [-0.39, 0.29) is 0 Å². The third-order valence-electron chi connectivity index (χ3n) is 4.43. The molecule has 0 aliphatic carbocycles. The topological polar surface area (TPSA) is 73.9 Å². The molecule has 0 amide bonds. The van der Waals surface area contributed by atoms with Crippen molar-refractivity contribution in [2.24, 2.45) is 7.05 Å². The molecular formula is C17H17N7. The van der Waals surface area contributed by atoms with Crippen molar-refractivity contribution in [3.63, 3.8) is 0 Å². The summed E-state index contributed by atoms with van der Waals surface area (Å²) < 4.78 is 1.80. The zero-order valence-electron chi connectivity index (χ0n) is 13.4. The maximum absolute atomic E-state index is 9.04. The van der Waals surface area contributed by atoms with E-state index >= 15 is 0 Å². The average Bonchev–Trinajstić information content (AvgIpc) is 3.03. The van der Waals surface area contributed by atoms with E-state index < -0.39 is 0 Å². The van der Waals surface area contributed by atoms with Crippen molar-refractivity contribution in [2.75, 3.05) is 36.0 Å². The fourth-order valence-corrected chi connectivity index (χ4v) is 3.15. The summed E-state index contributed by atoms with van der Waals surface area (Å²) in [4.78, 5) is 13.4. The molecule has 4 heterocycles. The van der Waals surface area contributed by atoms with Crippen molar-refractivity contribution in [1.82, 2.24) is 19.7 Å². The molecule has 1 saturated heterocycles. The van der Waals surface area contributed by atoms with E-state index in [1.54, 1.807) is 16.9 Å². The van der Waals surface area contributed by atoms with E-state index in [0.29, 0.717) is 5.56 Å². The molecule has 0 atom stereocenters. The van der Waals surface area contributed by atoms with E-state index in [2.05, 4.69) is 30.9 Å². The van der Waals surface area contributed by atoms with Crippen LogP contribution in [-0.4, -0.2) is 45.9 Å². The van der Waals surface area contributed by atoms with Crippen LogP contribution >= 0.6 is 0 Å². The van der Waals surface area contributed by atoms with Gasteiger partial charge in [-0.15, -0.1) is 0 Å². The predicted molar refractivity (Wildman–Crippen MR) is 91.9 cm³/mol. The highest BCUT2D eigenvalue weighted by Gasteiger charge is 2.20. The number of nitriles is 1. The summed E-state index contributed by atoms with van der Waals surface area (Å²) >= 11 is 0. The molecule has 3 aromatic heterocycles. The summed E-state index contributed by atoms with van der Waals surface area (Å²) in [6.45, 7) is 3.52. The van der Waals surface area contributed by atoms with E-state index in [9.17, 15) is 0 Å². The third kappa shape index (κ3) is 2.42. The van der Waals surface area contributed by atoms with Gasteiger partial charge in [-0.2, -0.15) is 10.4 Å². The van der Waals surface area contributed by atoms with Crippen LogP contribution < -0.4 is 9.80 Å². The van der Waals surface area contributed by atoms with Gasteiger partial charge in [0, 0.05) is 45.6 Å². The number of fused-ring (bicyclic) bond motifs is 1. The molecule has 0 radical (unpaired) electrons. The number of pyridine rings is 2. The lowest BCUT2D eigenvalue weighted by atomic mass is 10.2. The Morgan fingerprint density at radius 1 is 1.04 bits per heavy atom. The average molecular weight is 319 g/mol. The van der Waals surface area contributed by atoms with Gasteiger partial charge in [-0.1, -0.05) is 0 Å². The third-order valence-corrected chi connectivity index (χ3v) is 4.43. The SMILES string of the molecule is Cn1ncc2c(N3CCN(c4cc(C#N)ccn4)CC3)ccnc21. The molecule has 1 aliphatic rings. The molecular weight excluding hydrogens is 302 g/mol. The summed E-state index contributed by atoms with van der Waals surface area (Å²) in [5.74, 6) is 0.870. The van der Waals surface area contributed by atoms with Gasteiger partial charge in [-0.25, -0.2) is 9.97 Å². The van der Waals surface area contributed by atoms with E-state index in [4.69, 9.17) is 5.26 Å². The fourth-order valence-electron chi connectivity index (χ4n) is 3.15. The summed E-state index contributed by atoms with van der Waals surface area (Å²) in [7, 11) is 1.91. The number of hydrogen-bond acceptors (Lipinski definition) is 6. The van der Waals surface area contributed by atoms with Gasteiger partial charge in [-0.3, -0.25) is 4.68 Å². The molecule has 7 heteroatoms. The summed E-state index contributed by atoms with van der Waals surface area (Å²) in [6, 6.07) is 7.80. The Labute approximate surface area is 139 Å². The predicted octanol–water partition coefficient (Wildman–Crippen LogP) is 1.56. The Bertz CT molecular complexity index is 916. The Balaban J connectivity index is 1.54. The number of aryl methyl sites for hydroxylation is 1. The van der Waals surface area contributed by atoms with Gasteiger partial charge in [0.2, 0.25) is 0 Å². The maximum atomic E-state index is 9.04. The number of rotatable bonds is 2. The highest BCUT2D eigenvalue weighted by atomic mass is 15.3. The van der Waals surface area contributed by atoms with Crippen molar-refractivity contribution in [3.8, 4) is 6.07 Å².